The molecule has 0 spiro atoms. The molecule has 10 nitrogen and oxygen atoms in total. The van der Waals surface area contributed by atoms with Gasteiger partial charge in [-0.2, -0.15) is 0 Å². The molecule has 0 bridgehead atoms. The quantitative estimate of drug-likeness (QED) is 0.281. The van der Waals surface area contributed by atoms with Crippen molar-refractivity contribution < 1.29 is 29.3 Å². The number of nitrogens with zero attached hydrogens (tertiary/aromatic N) is 2. The number of aliphatic hydroxyl groups is 2. The zero-order valence-corrected chi connectivity index (χ0v) is 27.1. The molecule has 2 aromatic rings. The molecule has 238 valence electrons. The number of hydrogen-bond donors (Lipinski definition) is 4. The molecule has 45 heavy (non-hydrogen) atoms. The normalized spacial score (nSPS) is 17.7. The molecular formula is C35H42N4O6. The molecule has 0 saturated carbocycles. The highest BCUT2D eigenvalue weighted by atomic mass is 16.5. The van der Waals surface area contributed by atoms with Crippen molar-refractivity contribution in [2.45, 2.75) is 73.0 Å². The number of methoxy groups -OCH3 is 2. The van der Waals surface area contributed by atoms with Gasteiger partial charge in [0.1, 0.15) is 0 Å². The standard InChI is InChI=1S/C35H42N4O6/c1-18-16-36-30(24(18)9-11-33(42)44-7)15-31-25(10-12-34(43)45-8)19(2)28(38-31)13-29-21(4)35(23(6)41)32(39-29)14-27-20(3)26(17-40)22(5)37-27/h13-16,23,37,39-41H,5,9-12,17H2,1-4,6-8H3/b27-14-,28-13-,30-15-. The van der Waals surface area contributed by atoms with E-state index in [0.717, 1.165) is 67.0 Å². The highest BCUT2D eigenvalue weighted by Crippen LogP contribution is 2.35. The Hall–Kier alpha value is -4.54. The van der Waals surface area contributed by atoms with Crippen molar-refractivity contribution in [1.82, 2.24) is 9.97 Å². The SMILES string of the molecule is C=c1[nH]/c(=C\c2[nH]c(/C=C3N=C(/C=C4\N=CC(C)=C4CCC(=O)OC)C(CCC(=O)OC)=C\3C)c(C)c2C(C)O)c(C)c1CO. The van der Waals surface area contributed by atoms with Crippen LogP contribution in [0.15, 0.2) is 49.7 Å². The fraction of sp³-hybridized carbons (Fsp3) is 0.371. The molecule has 2 aromatic heterocycles. The average Bonchev–Trinajstić information content (AvgIpc) is 3.69. The summed E-state index contributed by atoms with van der Waals surface area (Å²) >= 11 is 0. The van der Waals surface area contributed by atoms with Gasteiger partial charge in [-0.1, -0.05) is 6.58 Å². The highest BCUT2D eigenvalue weighted by molar-refractivity contribution is 6.13. The molecule has 0 amide bonds. The van der Waals surface area contributed by atoms with Crippen molar-refractivity contribution in [2.75, 3.05) is 14.2 Å². The summed E-state index contributed by atoms with van der Waals surface area (Å²) in [4.78, 5) is 40.2. The Kier molecular flexibility index (Phi) is 10.4. The number of H-pyrrole nitrogens is 2. The molecule has 0 radical (unpaired) electrons. The number of aliphatic imine (C=N–C) groups is 2. The number of nitrogens with one attached hydrogen (secondary N) is 2. The van der Waals surface area contributed by atoms with Crippen molar-refractivity contribution in [3.63, 3.8) is 0 Å². The minimum atomic E-state index is -0.746. The number of ether oxygens (including phenoxy) is 2. The molecule has 0 saturated heterocycles. The summed E-state index contributed by atoms with van der Waals surface area (Å²) in [5.74, 6) is -0.606. The Morgan fingerprint density at radius 3 is 2.16 bits per heavy atom. The zero-order chi connectivity index (χ0) is 33.0. The summed E-state index contributed by atoms with van der Waals surface area (Å²) in [7, 11) is 2.74. The van der Waals surface area contributed by atoms with Gasteiger partial charge in [0.2, 0.25) is 0 Å². The summed E-state index contributed by atoms with van der Waals surface area (Å²) in [6.45, 7) is 13.4. The molecule has 10 heteroatoms. The lowest BCUT2D eigenvalue weighted by molar-refractivity contribution is -0.141. The molecule has 0 aliphatic carbocycles. The van der Waals surface area contributed by atoms with E-state index in [4.69, 9.17) is 14.5 Å². The van der Waals surface area contributed by atoms with Gasteiger partial charge >= 0.3 is 11.9 Å². The second-order valence-corrected chi connectivity index (χ2v) is 11.3. The van der Waals surface area contributed by atoms with Gasteiger partial charge in [0.05, 0.1) is 44.0 Å². The maximum atomic E-state index is 12.1. The number of allylic oxidation sites excluding steroid dienone is 5. The Morgan fingerprint density at radius 1 is 0.933 bits per heavy atom. The number of aromatic nitrogens is 2. The first kappa shape index (κ1) is 33.4. The van der Waals surface area contributed by atoms with Gasteiger partial charge in [0, 0.05) is 52.3 Å². The fourth-order valence-electron chi connectivity index (χ4n) is 5.77. The Bertz CT molecular complexity index is 1820. The van der Waals surface area contributed by atoms with Crippen LogP contribution in [0, 0.1) is 13.8 Å². The molecule has 4 N–H and O–H groups in total. The molecule has 1 atom stereocenters. The first-order valence-corrected chi connectivity index (χ1v) is 14.9. The van der Waals surface area contributed by atoms with Crippen LogP contribution in [0.5, 0.6) is 0 Å². The van der Waals surface area contributed by atoms with Gasteiger partial charge in [-0.05, 0) is 99.1 Å². The topological polar surface area (TPSA) is 149 Å². The number of aliphatic hydroxyl groups excluding tert-OH is 2. The number of aromatic amines is 2. The van der Waals surface area contributed by atoms with Gasteiger partial charge in [0.15, 0.2) is 0 Å². The van der Waals surface area contributed by atoms with Gasteiger partial charge in [0.25, 0.3) is 0 Å². The number of hydrogen-bond acceptors (Lipinski definition) is 8. The summed E-state index contributed by atoms with van der Waals surface area (Å²) in [6.07, 6.45) is 8.14. The monoisotopic (exact) mass is 614 g/mol. The third-order valence-corrected chi connectivity index (χ3v) is 8.48. The predicted octanol–water partition coefficient (Wildman–Crippen LogP) is 4.05. The summed E-state index contributed by atoms with van der Waals surface area (Å²) in [5, 5.41) is 21.9. The Labute approximate surface area is 263 Å². The van der Waals surface area contributed by atoms with E-state index in [1.165, 1.54) is 14.2 Å². The lowest BCUT2D eigenvalue weighted by Gasteiger charge is -2.08. The van der Waals surface area contributed by atoms with E-state index >= 15 is 0 Å². The summed E-state index contributed by atoms with van der Waals surface area (Å²) < 4.78 is 9.73. The van der Waals surface area contributed by atoms with E-state index in [9.17, 15) is 19.8 Å². The van der Waals surface area contributed by atoms with Crippen molar-refractivity contribution in [2.24, 2.45) is 9.98 Å². The van der Waals surface area contributed by atoms with Crippen LogP contribution in [0.4, 0.5) is 0 Å². The average molecular weight is 615 g/mol. The molecule has 4 rings (SSSR count). The van der Waals surface area contributed by atoms with Crippen LogP contribution in [0.3, 0.4) is 0 Å². The lowest BCUT2D eigenvalue weighted by atomic mass is 9.97. The van der Waals surface area contributed by atoms with E-state index in [-0.39, 0.29) is 31.4 Å². The van der Waals surface area contributed by atoms with Gasteiger partial charge in [-0.3, -0.25) is 14.6 Å². The molecule has 0 fully saturated rings. The first-order chi connectivity index (χ1) is 21.4. The van der Waals surface area contributed by atoms with Crippen LogP contribution >= 0.6 is 0 Å². The molecule has 2 aliphatic heterocycles. The molecule has 1 unspecified atom stereocenters. The minimum absolute atomic E-state index is 0.118. The van der Waals surface area contributed by atoms with E-state index in [0.29, 0.717) is 29.6 Å². The molecule has 4 heterocycles. The number of carbonyl (C=O) groups is 2. The highest BCUT2D eigenvalue weighted by Gasteiger charge is 2.24. The van der Waals surface area contributed by atoms with Crippen LogP contribution in [0.25, 0.3) is 18.7 Å². The maximum Gasteiger partial charge on any atom is 0.305 e. The van der Waals surface area contributed by atoms with Crippen LogP contribution in [-0.4, -0.2) is 58.3 Å². The largest absolute Gasteiger partial charge is 0.469 e. The third kappa shape index (κ3) is 7.08. The minimum Gasteiger partial charge on any atom is -0.469 e. The van der Waals surface area contributed by atoms with Gasteiger partial charge in [-0.25, -0.2) is 4.99 Å². The molecule has 2 aliphatic rings. The van der Waals surface area contributed by atoms with E-state index in [1.54, 1.807) is 13.1 Å². The maximum absolute atomic E-state index is 12.1. The van der Waals surface area contributed by atoms with Gasteiger partial charge in [-0.15, -0.1) is 0 Å². The van der Waals surface area contributed by atoms with Crippen LogP contribution in [0.1, 0.15) is 86.2 Å². The number of rotatable bonds is 11. The second-order valence-electron chi connectivity index (χ2n) is 11.3. The first-order valence-electron chi connectivity index (χ1n) is 14.9. The fourth-order valence-corrected chi connectivity index (χ4v) is 5.77. The van der Waals surface area contributed by atoms with Crippen LogP contribution in [0.2, 0.25) is 0 Å². The van der Waals surface area contributed by atoms with Crippen molar-refractivity contribution in [3.05, 3.63) is 84.1 Å². The third-order valence-electron chi connectivity index (χ3n) is 8.48. The zero-order valence-electron chi connectivity index (χ0n) is 27.1. The summed E-state index contributed by atoms with van der Waals surface area (Å²) in [6, 6.07) is 0. The van der Waals surface area contributed by atoms with Crippen molar-refractivity contribution >= 4 is 42.6 Å². The Balaban J connectivity index is 1.81. The van der Waals surface area contributed by atoms with Crippen molar-refractivity contribution in [1.29, 1.82) is 0 Å². The molecular weight excluding hydrogens is 572 g/mol. The van der Waals surface area contributed by atoms with E-state index in [2.05, 4.69) is 21.5 Å². The number of esters is 2. The smallest absolute Gasteiger partial charge is 0.305 e. The molecule has 0 aromatic carbocycles. The van der Waals surface area contributed by atoms with E-state index in [1.807, 2.05) is 45.9 Å². The van der Waals surface area contributed by atoms with E-state index < -0.39 is 6.10 Å². The van der Waals surface area contributed by atoms with Crippen molar-refractivity contribution in [3.8, 4) is 0 Å². The van der Waals surface area contributed by atoms with Gasteiger partial charge < -0.3 is 29.7 Å². The van der Waals surface area contributed by atoms with Crippen LogP contribution < -0.4 is 10.7 Å². The second kappa shape index (κ2) is 14.0. The summed E-state index contributed by atoms with van der Waals surface area (Å²) in [5.41, 5.74) is 10.6. The number of carbonyl (C=O) groups excluding carboxylic acids is 2. The lowest BCUT2D eigenvalue weighted by Crippen LogP contribution is -2.10. The Morgan fingerprint density at radius 2 is 1.58 bits per heavy atom. The predicted molar refractivity (Wildman–Crippen MR) is 176 cm³/mol. The van der Waals surface area contributed by atoms with Crippen LogP contribution in [-0.2, 0) is 25.7 Å².